The van der Waals surface area contributed by atoms with Gasteiger partial charge in [0.2, 0.25) is 0 Å². The minimum atomic E-state index is -0.508. The molecule has 0 saturated heterocycles. The molecular formula is C24H20O6. The molecule has 0 atom stereocenters. The van der Waals surface area contributed by atoms with E-state index in [2.05, 4.69) is 0 Å². The van der Waals surface area contributed by atoms with Gasteiger partial charge in [-0.2, -0.15) is 0 Å². The Hall–Kier alpha value is -3.80. The van der Waals surface area contributed by atoms with Crippen LogP contribution >= 0.6 is 0 Å². The molecule has 0 spiro atoms. The summed E-state index contributed by atoms with van der Waals surface area (Å²) < 4.78 is 22.1. The Morgan fingerprint density at radius 1 is 0.867 bits per heavy atom. The predicted molar refractivity (Wildman–Crippen MR) is 114 cm³/mol. The number of methoxy groups -OCH3 is 2. The van der Waals surface area contributed by atoms with E-state index in [1.165, 1.54) is 6.92 Å². The quantitative estimate of drug-likeness (QED) is 0.262. The van der Waals surface area contributed by atoms with Crippen molar-refractivity contribution in [3.05, 3.63) is 76.1 Å². The summed E-state index contributed by atoms with van der Waals surface area (Å²) in [5, 5.41) is 1.74. The Morgan fingerprint density at radius 2 is 1.63 bits per heavy atom. The Balaban J connectivity index is 1.75. The fourth-order valence-electron chi connectivity index (χ4n) is 3.31. The molecule has 0 N–H and O–H groups in total. The number of ketones is 1. The first kappa shape index (κ1) is 19.5. The maximum absolute atomic E-state index is 12.5. The third-order valence-corrected chi connectivity index (χ3v) is 4.96. The molecule has 6 nitrogen and oxygen atoms in total. The Morgan fingerprint density at radius 3 is 2.30 bits per heavy atom. The molecule has 1 heterocycles. The molecule has 0 aliphatic rings. The van der Waals surface area contributed by atoms with Crippen LogP contribution in [-0.2, 0) is 6.61 Å². The van der Waals surface area contributed by atoms with Gasteiger partial charge in [-0.15, -0.1) is 0 Å². The van der Waals surface area contributed by atoms with Crippen molar-refractivity contribution in [2.75, 3.05) is 14.2 Å². The molecule has 0 fully saturated rings. The van der Waals surface area contributed by atoms with Crippen molar-refractivity contribution in [1.29, 1.82) is 0 Å². The van der Waals surface area contributed by atoms with Crippen molar-refractivity contribution in [3.8, 4) is 17.2 Å². The molecule has 30 heavy (non-hydrogen) atoms. The molecule has 6 heteroatoms. The van der Waals surface area contributed by atoms with Gasteiger partial charge in [0.15, 0.2) is 17.3 Å². The Bertz CT molecular complexity index is 1300. The zero-order chi connectivity index (χ0) is 21.3. The van der Waals surface area contributed by atoms with E-state index >= 15 is 0 Å². The van der Waals surface area contributed by atoms with E-state index in [1.807, 2.05) is 24.3 Å². The maximum atomic E-state index is 12.5. The molecule has 0 bridgehead atoms. The van der Waals surface area contributed by atoms with Crippen molar-refractivity contribution in [1.82, 2.24) is 0 Å². The van der Waals surface area contributed by atoms with E-state index < -0.39 is 5.63 Å². The summed E-state index contributed by atoms with van der Waals surface area (Å²) in [5.74, 6) is 1.63. The van der Waals surface area contributed by atoms with Gasteiger partial charge in [-0.05, 0) is 36.8 Å². The number of rotatable bonds is 6. The van der Waals surface area contributed by atoms with E-state index in [0.717, 1.165) is 11.3 Å². The lowest BCUT2D eigenvalue weighted by Gasteiger charge is -2.13. The molecule has 0 aliphatic heterocycles. The third-order valence-electron chi connectivity index (χ3n) is 4.96. The number of carbonyl (C=O) groups excluding carboxylic acids is 1. The van der Waals surface area contributed by atoms with Crippen LogP contribution < -0.4 is 19.8 Å². The SMILES string of the molecule is COc1ccc(COc2cc3oc(=O)c4cc(C(C)=O)ccc4c3cc2OC)cc1. The van der Waals surface area contributed by atoms with E-state index in [0.29, 0.717) is 45.4 Å². The number of hydrogen-bond acceptors (Lipinski definition) is 6. The lowest BCUT2D eigenvalue weighted by atomic mass is 10.0. The number of carbonyl (C=O) groups is 1. The van der Waals surface area contributed by atoms with Crippen LogP contribution in [-0.4, -0.2) is 20.0 Å². The summed E-state index contributed by atoms with van der Waals surface area (Å²) in [5.41, 5.74) is 1.29. The van der Waals surface area contributed by atoms with Crippen LogP contribution in [0.25, 0.3) is 21.7 Å². The second-order valence-corrected chi connectivity index (χ2v) is 6.84. The van der Waals surface area contributed by atoms with Gasteiger partial charge in [0, 0.05) is 22.4 Å². The smallest absolute Gasteiger partial charge is 0.344 e. The highest BCUT2D eigenvalue weighted by Crippen LogP contribution is 2.35. The standard InChI is InChI=1S/C24H20O6/c1-14(25)16-6-9-18-19-11-22(28-3)23(12-21(19)30-24(26)20(18)10-16)29-13-15-4-7-17(27-2)8-5-15/h4-12H,13H2,1-3H3. The van der Waals surface area contributed by atoms with Gasteiger partial charge in [0.25, 0.3) is 0 Å². The first-order chi connectivity index (χ1) is 14.5. The van der Waals surface area contributed by atoms with E-state index in [1.54, 1.807) is 44.6 Å². The molecule has 0 aliphatic carbocycles. The van der Waals surface area contributed by atoms with Crippen LogP contribution in [0.1, 0.15) is 22.8 Å². The van der Waals surface area contributed by atoms with Crippen LogP contribution in [0.15, 0.2) is 63.8 Å². The number of ether oxygens (including phenoxy) is 3. The van der Waals surface area contributed by atoms with Gasteiger partial charge < -0.3 is 18.6 Å². The van der Waals surface area contributed by atoms with Gasteiger partial charge in [-0.3, -0.25) is 4.79 Å². The predicted octanol–water partition coefficient (Wildman–Crippen LogP) is 4.75. The minimum absolute atomic E-state index is 0.115. The fraction of sp³-hybridized carbons (Fsp3) is 0.167. The van der Waals surface area contributed by atoms with Crippen LogP contribution in [0.2, 0.25) is 0 Å². The number of benzene rings is 3. The van der Waals surface area contributed by atoms with E-state index in [9.17, 15) is 9.59 Å². The molecule has 0 saturated carbocycles. The molecule has 3 aromatic carbocycles. The molecule has 4 rings (SSSR count). The second-order valence-electron chi connectivity index (χ2n) is 6.84. The van der Waals surface area contributed by atoms with Gasteiger partial charge in [-0.25, -0.2) is 4.79 Å². The molecule has 1 aromatic heterocycles. The van der Waals surface area contributed by atoms with Gasteiger partial charge in [-0.1, -0.05) is 24.3 Å². The van der Waals surface area contributed by atoms with Crippen LogP contribution in [0.4, 0.5) is 0 Å². The van der Waals surface area contributed by atoms with Crippen LogP contribution in [0.3, 0.4) is 0 Å². The zero-order valence-electron chi connectivity index (χ0n) is 16.9. The number of hydrogen-bond donors (Lipinski definition) is 0. The van der Waals surface area contributed by atoms with Gasteiger partial charge >= 0.3 is 5.63 Å². The van der Waals surface area contributed by atoms with Crippen molar-refractivity contribution in [2.24, 2.45) is 0 Å². The van der Waals surface area contributed by atoms with Crippen LogP contribution in [0, 0.1) is 0 Å². The number of Topliss-reactive ketones (excluding diaryl/α,β-unsaturated/α-hetero) is 1. The normalized spacial score (nSPS) is 10.9. The summed E-state index contributed by atoms with van der Waals surface area (Å²) in [6.07, 6.45) is 0. The topological polar surface area (TPSA) is 75.0 Å². The average Bonchev–Trinajstić information content (AvgIpc) is 2.77. The highest BCUT2D eigenvalue weighted by molar-refractivity contribution is 6.07. The Labute approximate surface area is 172 Å². The maximum Gasteiger partial charge on any atom is 0.344 e. The molecule has 0 amide bonds. The summed E-state index contributed by atoms with van der Waals surface area (Å²) in [4.78, 5) is 24.2. The zero-order valence-corrected chi connectivity index (χ0v) is 16.9. The molecule has 4 aromatic rings. The number of fused-ring (bicyclic) bond motifs is 3. The van der Waals surface area contributed by atoms with Gasteiger partial charge in [0.05, 0.1) is 19.6 Å². The highest BCUT2D eigenvalue weighted by atomic mass is 16.5. The largest absolute Gasteiger partial charge is 0.497 e. The minimum Gasteiger partial charge on any atom is -0.497 e. The van der Waals surface area contributed by atoms with Crippen molar-refractivity contribution >= 4 is 27.5 Å². The molecular weight excluding hydrogens is 384 g/mol. The van der Waals surface area contributed by atoms with Gasteiger partial charge in [0.1, 0.15) is 17.9 Å². The molecule has 152 valence electrons. The average molecular weight is 404 g/mol. The summed E-state index contributed by atoms with van der Waals surface area (Å²) in [7, 11) is 3.17. The molecule has 0 radical (unpaired) electrons. The molecule has 0 unspecified atom stereocenters. The van der Waals surface area contributed by atoms with Crippen molar-refractivity contribution in [2.45, 2.75) is 13.5 Å². The van der Waals surface area contributed by atoms with Crippen molar-refractivity contribution < 1.29 is 23.4 Å². The highest BCUT2D eigenvalue weighted by Gasteiger charge is 2.14. The lowest BCUT2D eigenvalue weighted by Crippen LogP contribution is -2.03. The first-order valence-electron chi connectivity index (χ1n) is 9.35. The second kappa shape index (κ2) is 7.91. The first-order valence-corrected chi connectivity index (χ1v) is 9.35. The van der Waals surface area contributed by atoms with E-state index in [-0.39, 0.29) is 5.78 Å². The summed E-state index contributed by atoms with van der Waals surface area (Å²) in [6.45, 7) is 1.77. The summed E-state index contributed by atoms with van der Waals surface area (Å²) in [6, 6.07) is 16.0. The van der Waals surface area contributed by atoms with Crippen molar-refractivity contribution in [3.63, 3.8) is 0 Å². The fourth-order valence-corrected chi connectivity index (χ4v) is 3.31. The lowest BCUT2D eigenvalue weighted by molar-refractivity contribution is 0.101. The summed E-state index contributed by atoms with van der Waals surface area (Å²) >= 11 is 0. The third kappa shape index (κ3) is 3.59. The Kier molecular flexibility index (Phi) is 5.14. The monoisotopic (exact) mass is 404 g/mol. The van der Waals surface area contributed by atoms with E-state index in [4.69, 9.17) is 18.6 Å². The van der Waals surface area contributed by atoms with Crippen LogP contribution in [0.5, 0.6) is 17.2 Å².